The minimum atomic E-state index is -0.820. The lowest BCUT2D eigenvalue weighted by molar-refractivity contribution is -0.136. The van der Waals surface area contributed by atoms with Crippen molar-refractivity contribution in [3.8, 4) is 11.4 Å². The quantitative estimate of drug-likeness (QED) is 0.846. The molecule has 0 amide bonds. The third kappa shape index (κ3) is 2.66. The Hall–Kier alpha value is -2.24. The van der Waals surface area contributed by atoms with E-state index in [4.69, 9.17) is 5.11 Å². The summed E-state index contributed by atoms with van der Waals surface area (Å²) < 4.78 is 1.69. The molecule has 0 aromatic carbocycles. The number of carboxylic acids is 1. The van der Waals surface area contributed by atoms with Gasteiger partial charge in [-0.25, -0.2) is 9.97 Å². The first-order valence-corrected chi connectivity index (χ1v) is 5.18. The Kier molecular flexibility index (Phi) is 3.13. The van der Waals surface area contributed by atoms with E-state index >= 15 is 0 Å². The van der Waals surface area contributed by atoms with Crippen LogP contribution in [0, 0.1) is 0 Å². The van der Waals surface area contributed by atoms with Crippen LogP contribution in [0.3, 0.4) is 0 Å². The highest BCUT2D eigenvalue weighted by Gasteiger charge is 2.09. The summed E-state index contributed by atoms with van der Waals surface area (Å²) in [7, 11) is 1.81. The zero-order valence-electron chi connectivity index (χ0n) is 9.37. The van der Waals surface area contributed by atoms with Crippen LogP contribution in [-0.4, -0.2) is 30.8 Å². The van der Waals surface area contributed by atoms with E-state index in [0.717, 1.165) is 17.1 Å². The highest BCUT2D eigenvalue weighted by atomic mass is 16.4. The molecule has 0 saturated heterocycles. The average molecular weight is 232 g/mol. The molecule has 6 heteroatoms. The second-order valence-corrected chi connectivity index (χ2v) is 3.63. The van der Waals surface area contributed by atoms with E-state index in [1.165, 1.54) is 6.33 Å². The van der Waals surface area contributed by atoms with Crippen molar-refractivity contribution < 1.29 is 9.90 Å². The molecule has 0 aliphatic rings. The first-order valence-electron chi connectivity index (χ1n) is 5.18. The Morgan fingerprint density at radius 3 is 3.00 bits per heavy atom. The summed E-state index contributed by atoms with van der Waals surface area (Å²) in [6.45, 7) is 0. The van der Waals surface area contributed by atoms with Crippen LogP contribution in [0.1, 0.15) is 12.1 Å². The molecule has 17 heavy (non-hydrogen) atoms. The van der Waals surface area contributed by atoms with E-state index in [2.05, 4.69) is 15.1 Å². The second-order valence-electron chi connectivity index (χ2n) is 3.63. The van der Waals surface area contributed by atoms with Crippen LogP contribution in [0.5, 0.6) is 0 Å². The fraction of sp³-hybridized carbons (Fsp3) is 0.273. The van der Waals surface area contributed by atoms with Crippen molar-refractivity contribution >= 4 is 5.97 Å². The van der Waals surface area contributed by atoms with Gasteiger partial charge in [-0.1, -0.05) is 0 Å². The fourth-order valence-corrected chi connectivity index (χ4v) is 1.57. The van der Waals surface area contributed by atoms with Crippen molar-refractivity contribution in [2.24, 2.45) is 7.05 Å². The van der Waals surface area contributed by atoms with Gasteiger partial charge in [-0.15, -0.1) is 0 Å². The topological polar surface area (TPSA) is 80.9 Å². The maximum Gasteiger partial charge on any atom is 0.303 e. The fourth-order valence-electron chi connectivity index (χ4n) is 1.57. The van der Waals surface area contributed by atoms with Gasteiger partial charge >= 0.3 is 5.97 Å². The molecule has 2 aromatic rings. The van der Waals surface area contributed by atoms with E-state index in [9.17, 15) is 4.79 Å². The lowest BCUT2D eigenvalue weighted by Crippen LogP contribution is -1.99. The number of nitrogens with zero attached hydrogens (tertiary/aromatic N) is 4. The van der Waals surface area contributed by atoms with Gasteiger partial charge < -0.3 is 5.11 Å². The molecule has 1 N–H and O–H groups in total. The zero-order valence-corrected chi connectivity index (χ0v) is 9.37. The van der Waals surface area contributed by atoms with Crippen LogP contribution in [0.2, 0.25) is 0 Å². The Morgan fingerprint density at radius 2 is 2.35 bits per heavy atom. The largest absolute Gasteiger partial charge is 0.481 e. The molecule has 2 rings (SSSR count). The molecule has 0 saturated carbocycles. The van der Waals surface area contributed by atoms with Crippen LogP contribution < -0.4 is 0 Å². The summed E-state index contributed by atoms with van der Waals surface area (Å²) in [6, 6.07) is 3.64. The molecule has 0 fully saturated rings. The van der Waals surface area contributed by atoms with Gasteiger partial charge in [0.15, 0.2) is 0 Å². The molecule has 0 unspecified atom stereocenters. The Morgan fingerprint density at radius 1 is 1.53 bits per heavy atom. The molecule has 0 aliphatic carbocycles. The Bertz CT molecular complexity index is 522. The highest BCUT2D eigenvalue weighted by molar-refractivity contribution is 5.67. The van der Waals surface area contributed by atoms with Crippen molar-refractivity contribution in [1.82, 2.24) is 19.7 Å². The standard InChI is InChI=1S/C11H12N4O2/c1-15-10(9-4-5-12-7-13-9)6-8(14-15)2-3-11(16)17/h4-7H,2-3H2,1H3,(H,16,17). The van der Waals surface area contributed by atoms with E-state index in [1.54, 1.807) is 16.9 Å². The van der Waals surface area contributed by atoms with Gasteiger partial charge in [0.1, 0.15) is 6.33 Å². The number of aliphatic carboxylic acids is 1. The van der Waals surface area contributed by atoms with E-state index in [0.29, 0.717) is 6.42 Å². The molecule has 0 aliphatic heterocycles. The highest BCUT2D eigenvalue weighted by Crippen LogP contribution is 2.17. The molecule has 2 aromatic heterocycles. The van der Waals surface area contributed by atoms with Gasteiger partial charge in [-0.2, -0.15) is 5.10 Å². The summed E-state index contributed by atoms with van der Waals surface area (Å²) in [5.41, 5.74) is 2.38. The minimum absolute atomic E-state index is 0.0836. The minimum Gasteiger partial charge on any atom is -0.481 e. The Balaban J connectivity index is 2.22. The smallest absolute Gasteiger partial charge is 0.303 e. The Labute approximate surface area is 98.0 Å². The summed E-state index contributed by atoms with van der Waals surface area (Å²) in [6.07, 6.45) is 3.64. The third-order valence-corrected chi connectivity index (χ3v) is 2.37. The van der Waals surface area contributed by atoms with E-state index in [-0.39, 0.29) is 6.42 Å². The number of hydrogen-bond donors (Lipinski definition) is 1. The summed E-state index contributed by atoms with van der Waals surface area (Å²) >= 11 is 0. The molecule has 0 radical (unpaired) electrons. The number of hydrogen-bond acceptors (Lipinski definition) is 4. The third-order valence-electron chi connectivity index (χ3n) is 2.37. The summed E-state index contributed by atoms with van der Waals surface area (Å²) in [5, 5.41) is 12.9. The number of aromatic nitrogens is 4. The molecular formula is C11H12N4O2. The van der Waals surface area contributed by atoms with Gasteiger partial charge in [-0.05, 0) is 12.1 Å². The van der Waals surface area contributed by atoms with Crippen molar-refractivity contribution in [3.63, 3.8) is 0 Å². The van der Waals surface area contributed by atoms with Crippen molar-refractivity contribution in [2.75, 3.05) is 0 Å². The SMILES string of the molecule is Cn1nc(CCC(=O)O)cc1-c1ccncn1. The van der Waals surface area contributed by atoms with Crippen molar-refractivity contribution in [1.29, 1.82) is 0 Å². The summed E-state index contributed by atoms with van der Waals surface area (Å²) in [5.74, 6) is -0.820. The monoisotopic (exact) mass is 232 g/mol. The van der Waals surface area contributed by atoms with Gasteiger partial charge in [0.05, 0.1) is 23.5 Å². The van der Waals surface area contributed by atoms with Gasteiger partial charge in [0.25, 0.3) is 0 Å². The summed E-state index contributed by atoms with van der Waals surface area (Å²) in [4.78, 5) is 18.5. The second kappa shape index (κ2) is 4.73. The molecule has 2 heterocycles. The van der Waals surface area contributed by atoms with Crippen molar-refractivity contribution in [3.05, 3.63) is 30.4 Å². The molecular weight excluding hydrogens is 220 g/mol. The predicted octanol–water partition coefficient (Wildman–Crippen LogP) is 0.894. The molecule has 0 spiro atoms. The number of rotatable bonds is 4. The van der Waals surface area contributed by atoms with Gasteiger partial charge in [0, 0.05) is 19.7 Å². The average Bonchev–Trinajstić information content (AvgIpc) is 2.69. The first-order chi connectivity index (χ1) is 8.16. The van der Waals surface area contributed by atoms with E-state index < -0.39 is 5.97 Å². The van der Waals surface area contributed by atoms with Gasteiger partial charge in [0.2, 0.25) is 0 Å². The predicted molar refractivity (Wildman–Crippen MR) is 60.2 cm³/mol. The first kappa shape index (κ1) is 11.3. The van der Waals surface area contributed by atoms with Gasteiger partial charge in [-0.3, -0.25) is 9.48 Å². The molecule has 88 valence electrons. The molecule has 0 bridgehead atoms. The molecule has 0 atom stereocenters. The van der Waals surface area contributed by atoms with Crippen LogP contribution in [0.4, 0.5) is 0 Å². The van der Waals surface area contributed by atoms with Crippen LogP contribution in [-0.2, 0) is 18.3 Å². The van der Waals surface area contributed by atoms with E-state index in [1.807, 2.05) is 13.1 Å². The van der Waals surface area contributed by atoms with Crippen LogP contribution in [0.15, 0.2) is 24.7 Å². The van der Waals surface area contributed by atoms with Crippen LogP contribution >= 0.6 is 0 Å². The lowest BCUT2D eigenvalue weighted by Gasteiger charge is -1.98. The number of aryl methyl sites for hydroxylation is 2. The maximum absolute atomic E-state index is 10.5. The lowest BCUT2D eigenvalue weighted by atomic mass is 10.2. The normalized spacial score (nSPS) is 10.4. The maximum atomic E-state index is 10.5. The number of carbonyl (C=O) groups is 1. The number of carboxylic acid groups (broad SMARTS) is 1. The van der Waals surface area contributed by atoms with Crippen molar-refractivity contribution in [2.45, 2.75) is 12.8 Å². The molecule has 6 nitrogen and oxygen atoms in total. The zero-order chi connectivity index (χ0) is 12.3. The van der Waals surface area contributed by atoms with Crippen LogP contribution in [0.25, 0.3) is 11.4 Å².